The molecule has 0 bridgehead atoms. The van der Waals surface area contributed by atoms with Crippen molar-refractivity contribution < 1.29 is 0 Å². The Kier molecular flexibility index (Phi) is 4.24. The van der Waals surface area contributed by atoms with E-state index >= 15 is 0 Å². The first-order valence-electron chi connectivity index (χ1n) is 7.06. The Labute approximate surface area is 114 Å². The smallest absolute Gasteiger partial charge is 0.0261 e. The van der Waals surface area contributed by atoms with Crippen molar-refractivity contribution in [3.8, 4) is 0 Å². The summed E-state index contributed by atoms with van der Waals surface area (Å²) in [5.41, 5.74) is 0. The second-order valence-corrected chi connectivity index (χ2v) is 6.49. The summed E-state index contributed by atoms with van der Waals surface area (Å²) >= 11 is 1.99. The molecule has 2 saturated heterocycles. The molecule has 2 atom stereocenters. The van der Waals surface area contributed by atoms with Crippen LogP contribution in [0.1, 0.15) is 12.8 Å². The molecule has 18 heavy (non-hydrogen) atoms. The number of thioether (sulfide) groups is 1. The molecular weight excluding hydrogens is 240 g/mol. The van der Waals surface area contributed by atoms with Gasteiger partial charge in [0.2, 0.25) is 0 Å². The third-order valence-corrected chi connectivity index (χ3v) is 5.18. The number of nitrogens with one attached hydrogen (secondary N) is 1. The molecule has 0 aromatic heterocycles. The maximum Gasteiger partial charge on any atom is 0.0261 e. The Morgan fingerprint density at radius 3 is 3.00 bits per heavy atom. The van der Waals surface area contributed by atoms with E-state index in [-0.39, 0.29) is 0 Å². The molecule has 3 heteroatoms. The molecule has 2 fully saturated rings. The molecule has 2 aliphatic rings. The first-order valence-corrected chi connectivity index (χ1v) is 8.04. The van der Waals surface area contributed by atoms with E-state index in [4.69, 9.17) is 0 Å². The van der Waals surface area contributed by atoms with Crippen molar-refractivity contribution in [3.63, 3.8) is 0 Å². The average Bonchev–Trinajstić information content (AvgIpc) is 2.89. The molecule has 3 rings (SSSR count). The molecule has 2 nitrogen and oxygen atoms in total. The number of nitrogens with zero attached hydrogens (tertiary/aromatic N) is 1. The van der Waals surface area contributed by atoms with Crippen LogP contribution in [0.15, 0.2) is 35.2 Å². The van der Waals surface area contributed by atoms with E-state index in [2.05, 4.69) is 40.5 Å². The molecule has 0 spiro atoms. The lowest BCUT2D eigenvalue weighted by molar-refractivity contribution is 0.133. The minimum atomic E-state index is 0.815. The lowest BCUT2D eigenvalue weighted by Gasteiger charge is -2.36. The van der Waals surface area contributed by atoms with Crippen LogP contribution in [0.2, 0.25) is 0 Å². The van der Waals surface area contributed by atoms with Crippen molar-refractivity contribution >= 4 is 11.8 Å². The van der Waals surface area contributed by atoms with Crippen LogP contribution in [0.5, 0.6) is 0 Å². The van der Waals surface area contributed by atoms with E-state index < -0.39 is 0 Å². The van der Waals surface area contributed by atoms with Gasteiger partial charge >= 0.3 is 0 Å². The molecular formula is C15H22N2S. The number of piperidine rings is 1. The van der Waals surface area contributed by atoms with E-state index in [1.807, 2.05) is 11.8 Å². The molecule has 2 unspecified atom stereocenters. The molecule has 98 valence electrons. The zero-order valence-electron chi connectivity index (χ0n) is 10.8. The van der Waals surface area contributed by atoms with Gasteiger partial charge < -0.3 is 5.32 Å². The highest BCUT2D eigenvalue weighted by atomic mass is 32.2. The Morgan fingerprint density at radius 2 is 2.11 bits per heavy atom. The standard InChI is InChI=1S/C15H22N2S/c1-2-6-14(7-3-1)18-10-9-17-8-4-5-13-11-16-12-15(13)17/h1-3,6-7,13,15-16H,4-5,8-12H2. The van der Waals surface area contributed by atoms with Crippen LogP contribution in [-0.2, 0) is 0 Å². The molecule has 0 radical (unpaired) electrons. The number of hydrogen-bond acceptors (Lipinski definition) is 3. The summed E-state index contributed by atoms with van der Waals surface area (Å²) in [7, 11) is 0. The molecule has 0 saturated carbocycles. The lowest BCUT2D eigenvalue weighted by atomic mass is 9.92. The SMILES string of the molecule is c1ccc(SCCN2CCCC3CNCC32)cc1. The first-order chi connectivity index (χ1) is 8.93. The van der Waals surface area contributed by atoms with Crippen LogP contribution < -0.4 is 5.32 Å². The molecule has 2 aliphatic heterocycles. The normalized spacial score (nSPS) is 28.2. The zero-order valence-corrected chi connectivity index (χ0v) is 11.7. The van der Waals surface area contributed by atoms with Gasteiger partial charge in [-0.3, -0.25) is 4.90 Å². The van der Waals surface area contributed by atoms with Crippen LogP contribution >= 0.6 is 11.8 Å². The second-order valence-electron chi connectivity index (χ2n) is 5.33. The van der Waals surface area contributed by atoms with Gasteiger partial charge in [-0.2, -0.15) is 0 Å². The van der Waals surface area contributed by atoms with Gasteiger partial charge in [0.1, 0.15) is 0 Å². The quantitative estimate of drug-likeness (QED) is 0.839. The van der Waals surface area contributed by atoms with Gasteiger partial charge in [0.25, 0.3) is 0 Å². The fourth-order valence-electron chi connectivity index (χ4n) is 3.24. The van der Waals surface area contributed by atoms with Crippen molar-refractivity contribution in [3.05, 3.63) is 30.3 Å². The summed E-state index contributed by atoms with van der Waals surface area (Å²) in [6.07, 6.45) is 2.82. The van der Waals surface area contributed by atoms with E-state index in [0.29, 0.717) is 0 Å². The summed E-state index contributed by atoms with van der Waals surface area (Å²) in [6.45, 7) is 4.99. The van der Waals surface area contributed by atoms with Gasteiger partial charge in [-0.15, -0.1) is 11.8 Å². The van der Waals surface area contributed by atoms with Crippen LogP contribution in [0.25, 0.3) is 0 Å². The molecule has 0 aliphatic carbocycles. The maximum absolute atomic E-state index is 3.55. The number of benzene rings is 1. The summed E-state index contributed by atoms with van der Waals surface area (Å²) < 4.78 is 0. The largest absolute Gasteiger partial charge is 0.315 e. The lowest BCUT2D eigenvalue weighted by Crippen LogP contribution is -2.45. The minimum absolute atomic E-state index is 0.815. The van der Waals surface area contributed by atoms with Crippen molar-refractivity contribution in [1.29, 1.82) is 0 Å². The van der Waals surface area contributed by atoms with E-state index in [9.17, 15) is 0 Å². The van der Waals surface area contributed by atoms with Crippen molar-refractivity contribution in [2.24, 2.45) is 5.92 Å². The van der Waals surface area contributed by atoms with E-state index in [1.54, 1.807) is 0 Å². The van der Waals surface area contributed by atoms with Crippen LogP contribution in [-0.4, -0.2) is 42.9 Å². The number of rotatable bonds is 4. The van der Waals surface area contributed by atoms with Crippen LogP contribution in [0.4, 0.5) is 0 Å². The maximum atomic E-state index is 3.55. The number of fused-ring (bicyclic) bond motifs is 1. The van der Waals surface area contributed by atoms with Crippen LogP contribution in [0.3, 0.4) is 0 Å². The Bertz CT molecular complexity index is 368. The topological polar surface area (TPSA) is 15.3 Å². The molecule has 0 amide bonds. The summed E-state index contributed by atoms with van der Waals surface area (Å²) in [5.74, 6) is 2.13. The molecule has 1 N–H and O–H groups in total. The van der Waals surface area contributed by atoms with Gasteiger partial charge in [0, 0.05) is 29.8 Å². The molecule has 1 aromatic rings. The van der Waals surface area contributed by atoms with E-state index in [0.717, 1.165) is 12.0 Å². The van der Waals surface area contributed by atoms with Gasteiger partial charge in [0.15, 0.2) is 0 Å². The summed E-state index contributed by atoms with van der Waals surface area (Å²) in [5, 5.41) is 3.55. The first kappa shape index (κ1) is 12.5. The highest BCUT2D eigenvalue weighted by molar-refractivity contribution is 7.99. The van der Waals surface area contributed by atoms with E-state index in [1.165, 1.54) is 49.7 Å². The number of likely N-dealkylation sites (tertiary alicyclic amines) is 1. The highest BCUT2D eigenvalue weighted by Crippen LogP contribution is 2.27. The highest BCUT2D eigenvalue weighted by Gasteiger charge is 2.34. The fourth-order valence-corrected chi connectivity index (χ4v) is 4.15. The summed E-state index contributed by atoms with van der Waals surface area (Å²) in [4.78, 5) is 4.11. The predicted molar refractivity (Wildman–Crippen MR) is 78.1 cm³/mol. The summed E-state index contributed by atoms with van der Waals surface area (Å²) in [6, 6.07) is 11.6. The number of hydrogen-bond donors (Lipinski definition) is 1. The predicted octanol–water partition coefficient (Wildman–Crippen LogP) is 2.46. The molecule has 2 heterocycles. The van der Waals surface area contributed by atoms with Gasteiger partial charge in [-0.25, -0.2) is 0 Å². The average molecular weight is 262 g/mol. The van der Waals surface area contributed by atoms with Crippen molar-refractivity contribution in [2.45, 2.75) is 23.8 Å². The third-order valence-electron chi connectivity index (χ3n) is 4.18. The van der Waals surface area contributed by atoms with Crippen LogP contribution in [0, 0.1) is 5.92 Å². The third kappa shape index (κ3) is 2.90. The zero-order chi connectivity index (χ0) is 12.2. The van der Waals surface area contributed by atoms with Gasteiger partial charge in [-0.05, 0) is 44.0 Å². The van der Waals surface area contributed by atoms with Crippen molar-refractivity contribution in [1.82, 2.24) is 10.2 Å². The Morgan fingerprint density at radius 1 is 1.22 bits per heavy atom. The van der Waals surface area contributed by atoms with Gasteiger partial charge in [-0.1, -0.05) is 18.2 Å². The molecule has 1 aromatic carbocycles. The second kappa shape index (κ2) is 6.09. The fraction of sp³-hybridized carbons (Fsp3) is 0.600. The monoisotopic (exact) mass is 262 g/mol. The van der Waals surface area contributed by atoms with Crippen molar-refractivity contribution in [2.75, 3.05) is 31.9 Å². The Balaban J connectivity index is 1.48. The Hall–Kier alpha value is -0.510. The minimum Gasteiger partial charge on any atom is -0.315 e. The van der Waals surface area contributed by atoms with Gasteiger partial charge in [0.05, 0.1) is 0 Å².